The Morgan fingerprint density at radius 3 is 1.52 bits per heavy atom. The van der Waals surface area contributed by atoms with Crippen molar-refractivity contribution in [2.24, 2.45) is 0 Å². The molecule has 1 fully saturated rings. The average molecular weight is 366 g/mol. The smallest absolute Gasteiger partial charge is 0.308 e. The van der Waals surface area contributed by atoms with Crippen LogP contribution in [0.3, 0.4) is 0 Å². The van der Waals surface area contributed by atoms with Gasteiger partial charge in [0.15, 0.2) is 0 Å². The Hall–Kier alpha value is -2.92. The minimum absolute atomic E-state index is 0.341. The minimum Gasteiger partial charge on any atom is -0.427 e. The van der Waals surface area contributed by atoms with Crippen molar-refractivity contribution < 1.29 is 23.8 Å². The second kappa shape index (κ2) is 8.64. The van der Waals surface area contributed by atoms with Crippen molar-refractivity contribution in [2.45, 2.75) is 26.7 Å². The van der Waals surface area contributed by atoms with Crippen molar-refractivity contribution in [1.29, 1.82) is 0 Å². The summed E-state index contributed by atoms with van der Waals surface area (Å²) in [7, 11) is 0. The van der Waals surface area contributed by atoms with Gasteiger partial charge in [-0.15, -0.1) is 0 Å². The highest BCUT2D eigenvalue weighted by Gasteiger charge is 2.16. The van der Waals surface area contributed by atoms with Gasteiger partial charge in [0.2, 0.25) is 0 Å². The maximum atomic E-state index is 11.1. The molecule has 2 aromatic rings. The van der Waals surface area contributed by atoms with E-state index in [0.717, 1.165) is 29.5 Å². The Labute approximate surface area is 158 Å². The van der Waals surface area contributed by atoms with Gasteiger partial charge in [-0.3, -0.25) is 9.59 Å². The molecule has 0 N–H and O–H groups in total. The van der Waals surface area contributed by atoms with Gasteiger partial charge in [0.25, 0.3) is 0 Å². The standard InChI is InChI=1S/C22H22O5/c1-15(23)26-20-7-3-17(4-8-20)22(19-11-13-25-14-12-19)18-5-9-21(10-6-18)27-16(2)24/h3-10H,11-14H2,1-2H3. The number of carbonyl (C=O) groups excluding carboxylic acids is 2. The van der Waals surface area contributed by atoms with E-state index in [-0.39, 0.29) is 11.9 Å². The molecule has 140 valence electrons. The first kappa shape index (κ1) is 18.9. The first-order valence-corrected chi connectivity index (χ1v) is 8.90. The van der Waals surface area contributed by atoms with Gasteiger partial charge < -0.3 is 14.2 Å². The van der Waals surface area contributed by atoms with Crippen molar-refractivity contribution in [3.8, 4) is 11.5 Å². The van der Waals surface area contributed by atoms with Crippen LogP contribution in [0.2, 0.25) is 0 Å². The van der Waals surface area contributed by atoms with Gasteiger partial charge >= 0.3 is 11.9 Å². The van der Waals surface area contributed by atoms with Crippen LogP contribution in [-0.4, -0.2) is 25.2 Å². The highest BCUT2D eigenvalue weighted by Crippen LogP contribution is 2.33. The average Bonchev–Trinajstić information content (AvgIpc) is 2.65. The summed E-state index contributed by atoms with van der Waals surface area (Å²) in [5.41, 5.74) is 4.55. The Balaban J connectivity index is 1.97. The third-order valence-corrected chi connectivity index (χ3v) is 4.26. The molecular formula is C22H22O5. The molecule has 1 aliphatic rings. The van der Waals surface area contributed by atoms with E-state index in [4.69, 9.17) is 14.2 Å². The number of hydrogen-bond donors (Lipinski definition) is 0. The predicted molar refractivity (Wildman–Crippen MR) is 102 cm³/mol. The molecule has 1 heterocycles. The van der Waals surface area contributed by atoms with Crippen molar-refractivity contribution in [3.63, 3.8) is 0 Å². The van der Waals surface area contributed by atoms with Gasteiger partial charge in [-0.2, -0.15) is 0 Å². The molecule has 0 saturated carbocycles. The van der Waals surface area contributed by atoms with E-state index in [1.165, 1.54) is 19.4 Å². The molecule has 0 aliphatic carbocycles. The highest BCUT2D eigenvalue weighted by atomic mass is 16.5. The third kappa shape index (κ3) is 5.05. The fourth-order valence-electron chi connectivity index (χ4n) is 3.15. The summed E-state index contributed by atoms with van der Waals surface area (Å²) < 4.78 is 15.8. The Kier molecular flexibility index (Phi) is 6.04. The molecule has 3 rings (SSSR count). The SMILES string of the molecule is CC(=O)Oc1ccc(C(=C2CCOCC2)c2ccc(OC(C)=O)cc2)cc1. The van der Waals surface area contributed by atoms with Gasteiger partial charge in [-0.1, -0.05) is 29.8 Å². The Morgan fingerprint density at radius 2 is 1.15 bits per heavy atom. The fourth-order valence-corrected chi connectivity index (χ4v) is 3.15. The van der Waals surface area contributed by atoms with E-state index < -0.39 is 0 Å². The molecule has 0 spiro atoms. The quantitative estimate of drug-likeness (QED) is 0.601. The van der Waals surface area contributed by atoms with Crippen LogP contribution in [0.4, 0.5) is 0 Å². The molecule has 0 bridgehead atoms. The van der Waals surface area contributed by atoms with Crippen LogP contribution in [0.25, 0.3) is 5.57 Å². The summed E-state index contributed by atoms with van der Waals surface area (Å²) in [5, 5.41) is 0. The number of rotatable bonds is 4. The molecule has 2 aromatic carbocycles. The lowest BCUT2D eigenvalue weighted by Crippen LogP contribution is -2.10. The van der Waals surface area contributed by atoms with E-state index in [9.17, 15) is 9.59 Å². The molecule has 0 radical (unpaired) electrons. The van der Waals surface area contributed by atoms with Crippen molar-refractivity contribution in [1.82, 2.24) is 0 Å². The summed E-state index contributed by atoms with van der Waals surface area (Å²) in [6.07, 6.45) is 1.74. The molecule has 0 aromatic heterocycles. The van der Waals surface area contributed by atoms with Crippen molar-refractivity contribution in [3.05, 3.63) is 65.2 Å². The second-order valence-electron chi connectivity index (χ2n) is 6.33. The van der Waals surface area contributed by atoms with Crippen LogP contribution in [0, 0.1) is 0 Å². The Morgan fingerprint density at radius 1 is 0.741 bits per heavy atom. The zero-order valence-electron chi connectivity index (χ0n) is 15.5. The molecule has 1 saturated heterocycles. The second-order valence-corrected chi connectivity index (χ2v) is 6.33. The first-order valence-electron chi connectivity index (χ1n) is 8.90. The molecule has 0 amide bonds. The fraction of sp³-hybridized carbons (Fsp3) is 0.273. The van der Waals surface area contributed by atoms with Crippen molar-refractivity contribution in [2.75, 3.05) is 13.2 Å². The molecule has 5 heteroatoms. The molecular weight excluding hydrogens is 344 g/mol. The Bertz CT molecular complexity index is 778. The highest BCUT2D eigenvalue weighted by molar-refractivity contribution is 5.83. The molecule has 1 aliphatic heterocycles. The number of carbonyl (C=O) groups is 2. The summed E-state index contributed by atoms with van der Waals surface area (Å²) in [6.45, 7) is 4.17. The van der Waals surface area contributed by atoms with Crippen LogP contribution in [0.5, 0.6) is 11.5 Å². The largest absolute Gasteiger partial charge is 0.427 e. The van der Waals surface area contributed by atoms with E-state index in [0.29, 0.717) is 24.7 Å². The summed E-state index contributed by atoms with van der Waals surface area (Å²) in [5.74, 6) is 0.360. The van der Waals surface area contributed by atoms with E-state index >= 15 is 0 Å². The van der Waals surface area contributed by atoms with Crippen LogP contribution in [0.1, 0.15) is 37.8 Å². The summed E-state index contributed by atoms with van der Waals surface area (Å²) >= 11 is 0. The number of ether oxygens (including phenoxy) is 3. The number of hydrogen-bond acceptors (Lipinski definition) is 5. The van der Waals surface area contributed by atoms with Crippen LogP contribution < -0.4 is 9.47 Å². The van der Waals surface area contributed by atoms with Crippen molar-refractivity contribution >= 4 is 17.5 Å². The zero-order valence-corrected chi connectivity index (χ0v) is 15.5. The minimum atomic E-state index is -0.341. The van der Waals surface area contributed by atoms with Gasteiger partial charge in [-0.05, 0) is 53.8 Å². The van der Waals surface area contributed by atoms with Gasteiger partial charge in [0.1, 0.15) is 11.5 Å². The van der Waals surface area contributed by atoms with Gasteiger partial charge in [-0.25, -0.2) is 0 Å². The normalized spacial score (nSPS) is 13.8. The maximum absolute atomic E-state index is 11.1. The van der Waals surface area contributed by atoms with Crippen LogP contribution >= 0.6 is 0 Å². The number of benzene rings is 2. The van der Waals surface area contributed by atoms with E-state index in [1.807, 2.05) is 24.3 Å². The molecule has 5 nitrogen and oxygen atoms in total. The summed E-state index contributed by atoms with van der Waals surface area (Å²) in [4.78, 5) is 22.3. The lowest BCUT2D eigenvalue weighted by molar-refractivity contribution is -0.132. The van der Waals surface area contributed by atoms with E-state index in [2.05, 4.69) is 0 Å². The lowest BCUT2D eigenvalue weighted by Gasteiger charge is -2.21. The monoisotopic (exact) mass is 366 g/mol. The molecule has 0 unspecified atom stereocenters. The van der Waals surface area contributed by atoms with Crippen LogP contribution in [-0.2, 0) is 14.3 Å². The topological polar surface area (TPSA) is 61.8 Å². The zero-order chi connectivity index (χ0) is 19.2. The van der Waals surface area contributed by atoms with E-state index in [1.54, 1.807) is 24.3 Å². The maximum Gasteiger partial charge on any atom is 0.308 e. The molecule has 27 heavy (non-hydrogen) atoms. The third-order valence-electron chi connectivity index (χ3n) is 4.26. The van der Waals surface area contributed by atoms with Gasteiger partial charge in [0.05, 0.1) is 13.2 Å². The summed E-state index contributed by atoms with van der Waals surface area (Å²) in [6, 6.07) is 15.0. The number of esters is 2. The van der Waals surface area contributed by atoms with Gasteiger partial charge in [0, 0.05) is 13.8 Å². The predicted octanol–water partition coefficient (Wildman–Crippen LogP) is 4.15. The molecule has 0 atom stereocenters. The van der Waals surface area contributed by atoms with Crippen LogP contribution in [0.15, 0.2) is 54.1 Å². The lowest BCUT2D eigenvalue weighted by atomic mass is 9.89. The first-order chi connectivity index (χ1) is 13.0.